The summed E-state index contributed by atoms with van der Waals surface area (Å²) < 4.78 is 26.8. The number of hydrazine groups is 1. The van der Waals surface area contributed by atoms with Crippen LogP contribution < -0.4 is 16.5 Å². The van der Waals surface area contributed by atoms with Gasteiger partial charge < -0.3 is 15.6 Å². The number of nitrogens with one attached hydrogen (secondary N) is 2. The van der Waals surface area contributed by atoms with Crippen LogP contribution in [0.1, 0.15) is 25.0 Å². The Balaban J connectivity index is 2.84. The number of alkyl halides is 2. The van der Waals surface area contributed by atoms with Gasteiger partial charge in [0.2, 0.25) is 0 Å². The lowest BCUT2D eigenvalue weighted by molar-refractivity contribution is -0.0143. The Kier molecular flexibility index (Phi) is 7.16. The summed E-state index contributed by atoms with van der Waals surface area (Å²) in [6.07, 6.45) is 2.15. The summed E-state index contributed by atoms with van der Waals surface area (Å²) in [4.78, 5) is 11.1. The predicted molar refractivity (Wildman–Crippen MR) is 92.3 cm³/mol. The highest BCUT2D eigenvalue weighted by Gasteiger charge is 2.29. The molecule has 0 bridgehead atoms. The average molecular weight is 340 g/mol. The van der Waals surface area contributed by atoms with Crippen molar-refractivity contribution in [2.75, 3.05) is 20.6 Å². The Morgan fingerprint density at radius 1 is 1.38 bits per heavy atom. The number of halogens is 2. The van der Waals surface area contributed by atoms with E-state index in [1.54, 1.807) is 14.1 Å². The lowest BCUT2D eigenvalue weighted by Crippen LogP contribution is -2.33. The van der Waals surface area contributed by atoms with E-state index < -0.39 is 11.8 Å². The van der Waals surface area contributed by atoms with E-state index in [0.717, 1.165) is 18.1 Å². The van der Waals surface area contributed by atoms with Gasteiger partial charge in [0.1, 0.15) is 0 Å². The van der Waals surface area contributed by atoms with Crippen LogP contribution in [0.4, 0.5) is 13.6 Å². The van der Waals surface area contributed by atoms with Gasteiger partial charge in [0, 0.05) is 26.6 Å². The van der Waals surface area contributed by atoms with Crippen molar-refractivity contribution < 1.29 is 13.6 Å². The first-order valence-corrected chi connectivity index (χ1v) is 7.78. The SMILES string of the molecule is CNC(=O)NCCc1ccc(/C(=C/C(C)C(C)(F)F)N(C)N)cc1. The zero-order chi connectivity index (χ0) is 18.3. The quantitative estimate of drug-likeness (QED) is 0.528. The van der Waals surface area contributed by atoms with Crippen molar-refractivity contribution in [3.8, 4) is 0 Å². The third-order valence-corrected chi connectivity index (χ3v) is 3.76. The van der Waals surface area contributed by atoms with Gasteiger partial charge in [0.25, 0.3) is 5.92 Å². The van der Waals surface area contributed by atoms with Gasteiger partial charge in [-0.05, 0) is 24.5 Å². The molecule has 0 saturated heterocycles. The highest BCUT2D eigenvalue weighted by molar-refractivity contribution is 5.73. The Labute approximate surface area is 141 Å². The average Bonchev–Trinajstić information content (AvgIpc) is 2.51. The molecule has 1 aromatic rings. The number of carbonyl (C=O) groups is 1. The second-order valence-electron chi connectivity index (χ2n) is 5.86. The second kappa shape index (κ2) is 8.63. The molecule has 4 N–H and O–H groups in total. The number of amides is 2. The fraction of sp³-hybridized carbons (Fsp3) is 0.471. The van der Waals surface area contributed by atoms with E-state index >= 15 is 0 Å². The van der Waals surface area contributed by atoms with Crippen LogP contribution in [-0.4, -0.2) is 37.6 Å². The number of hydrogen-bond donors (Lipinski definition) is 3. The van der Waals surface area contributed by atoms with E-state index in [-0.39, 0.29) is 6.03 Å². The van der Waals surface area contributed by atoms with Gasteiger partial charge >= 0.3 is 6.03 Å². The summed E-state index contributed by atoms with van der Waals surface area (Å²) in [5.41, 5.74) is 2.33. The maximum atomic E-state index is 13.4. The maximum Gasteiger partial charge on any atom is 0.314 e. The third kappa shape index (κ3) is 6.16. The molecule has 2 amide bonds. The number of nitrogens with two attached hydrogens (primary N) is 1. The molecule has 0 saturated carbocycles. The first-order valence-electron chi connectivity index (χ1n) is 7.78. The van der Waals surface area contributed by atoms with E-state index in [4.69, 9.17) is 5.84 Å². The summed E-state index contributed by atoms with van der Waals surface area (Å²) in [6, 6.07) is 7.24. The molecule has 24 heavy (non-hydrogen) atoms. The van der Waals surface area contributed by atoms with Gasteiger partial charge in [0.05, 0.1) is 5.70 Å². The Hall–Kier alpha value is -2.15. The van der Waals surface area contributed by atoms with Crippen LogP contribution in [-0.2, 0) is 6.42 Å². The minimum atomic E-state index is -2.81. The summed E-state index contributed by atoms with van der Waals surface area (Å²) in [5, 5.41) is 6.52. The van der Waals surface area contributed by atoms with Crippen LogP contribution in [0.2, 0.25) is 0 Å². The van der Waals surface area contributed by atoms with E-state index in [1.807, 2.05) is 24.3 Å². The number of rotatable bonds is 7. The number of urea groups is 1. The molecule has 0 spiro atoms. The zero-order valence-electron chi connectivity index (χ0n) is 14.6. The van der Waals surface area contributed by atoms with E-state index in [9.17, 15) is 13.6 Å². The molecule has 1 aromatic carbocycles. The van der Waals surface area contributed by atoms with Crippen LogP contribution in [0.15, 0.2) is 30.3 Å². The largest absolute Gasteiger partial charge is 0.341 e. The van der Waals surface area contributed by atoms with Crippen molar-refractivity contribution in [1.29, 1.82) is 0 Å². The third-order valence-electron chi connectivity index (χ3n) is 3.76. The molecule has 5 nitrogen and oxygen atoms in total. The lowest BCUT2D eigenvalue weighted by Gasteiger charge is -2.22. The highest BCUT2D eigenvalue weighted by Crippen LogP contribution is 2.28. The van der Waals surface area contributed by atoms with Crippen molar-refractivity contribution >= 4 is 11.7 Å². The van der Waals surface area contributed by atoms with Gasteiger partial charge in [0.15, 0.2) is 0 Å². The molecule has 0 fully saturated rings. The van der Waals surface area contributed by atoms with Crippen molar-refractivity contribution in [2.24, 2.45) is 11.8 Å². The van der Waals surface area contributed by atoms with E-state index in [2.05, 4.69) is 10.6 Å². The maximum absolute atomic E-state index is 13.4. The minimum absolute atomic E-state index is 0.226. The standard InChI is InChI=1S/C17H26F2N4O/c1-12(17(2,18)19)11-15(23(4)20)14-7-5-13(6-8-14)9-10-22-16(24)21-3/h5-8,11-12H,9-10,20H2,1-4H3,(H2,21,22,24)/b15-11-. The molecule has 0 aliphatic carbocycles. The van der Waals surface area contributed by atoms with Crippen molar-refractivity contribution in [3.63, 3.8) is 0 Å². The molecule has 0 heterocycles. The molecule has 0 aliphatic heterocycles. The summed E-state index contributed by atoms with van der Waals surface area (Å²) in [5.74, 6) is 2.04. The molecular formula is C17H26F2N4O. The molecule has 1 rings (SSSR count). The Morgan fingerprint density at radius 2 is 1.96 bits per heavy atom. The Morgan fingerprint density at radius 3 is 2.42 bits per heavy atom. The van der Waals surface area contributed by atoms with E-state index in [1.165, 1.54) is 18.0 Å². The molecular weight excluding hydrogens is 314 g/mol. The monoisotopic (exact) mass is 340 g/mol. The van der Waals surface area contributed by atoms with Crippen molar-refractivity contribution in [2.45, 2.75) is 26.2 Å². The van der Waals surface area contributed by atoms with Crippen molar-refractivity contribution in [1.82, 2.24) is 15.6 Å². The Bertz CT molecular complexity index is 565. The normalized spacial score (nSPS) is 13.4. The highest BCUT2D eigenvalue weighted by atomic mass is 19.3. The summed E-state index contributed by atoms with van der Waals surface area (Å²) >= 11 is 0. The molecule has 134 valence electrons. The molecule has 7 heteroatoms. The van der Waals surface area contributed by atoms with E-state index in [0.29, 0.717) is 18.7 Å². The van der Waals surface area contributed by atoms with Gasteiger partial charge in [-0.2, -0.15) is 0 Å². The van der Waals surface area contributed by atoms with Gasteiger partial charge in [-0.25, -0.2) is 19.4 Å². The van der Waals surface area contributed by atoms with Gasteiger partial charge in [-0.15, -0.1) is 0 Å². The molecule has 0 aliphatic rings. The summed E-state index contributed by atoms with van der Waals surface area (Å²) in [7, 11) is 3.18. The van der Waals surface area contributed by atoms with Crippen LogP contribution >= 0.6 is 0 Å². The van der Waals surface area contributed by atoms with Crippen LogP contribution in [0, 0.1) is 5.92 Å². The fourth-order valence-corrected chi connectivity index (χ4v) is 2.05. The second-order valence-corrected chi connectivity index (χ2v) is 5.86. The lowest BCUT2D eigenvalue weighted by atomic mass is 10.00. The smallest absolute Gasteiger partial charge is 0.314 e. The number of carbonyl (C=O) groups excluding carboxylic acids is 1. The fourth-order valence-electron chi connectivity index (χ4n) is 2.05. The number of benzene rings is 1. The number of hydrogen-bond acceptors (Lipinski definition) is 3. The van der Waals surface area contributed by atoms with Crippen LogP contribution in [0.25, 0.3) is 5.70 Å². The van der Waals surface area contributed by atoms with Crippen LogP contribution in [0.5, 0.6) is 0 Å². The first-order chi connectivity index (χ1) is 11.1. The topological polar surface area (TPSA) is 70.4 Å². The zero-order valence-corrected chi connectivity index (χ0v) is 14.6. The molecule has 0 radical (unpaired) electrons. The van der Waals surface area contributed by atoms with Gasteiger partial charge in [-0.1, -0.05) is 37.3 Å². The minimum Gasteiger partial charge on any atom is -0.341 e. The molecule has 1 atom stereocenters. The van der Waals surface area contributed by atoms with Gasteiger partial charge in [-0.3, -0.25) is 0 Å². The predicted octanol–water partition coefficient (Wildman–Crippen LogP) is 2.60. The number of nitrogens with zero attached hydrogens (tertiary/aromatic N) is 1. The molecule has 0 aromatic heterocycles. The van der Waals surface area contributed by atoms with Crippen molar-refractivity contribution in [3.05, 3.63) is 41.5 Å². The number of allylic oxidation sites excluding steroid dienone is 1. The summed E-state index contributed by atoms with van der Waals surface area (Å²) in [6.45, 7) is 2.87. The molecule has 1 unspecified atom stereocenters. The van der Waals surface area contributed by atoms with Crippen LogP contribution in [0.3, 0.4) is 0 Å². The first kappa shape index (κ1) is 19.9.